The Balaban J connectivity index is 1.55. The lowest BCUT2D eigenvalue weighted by atomic mass is 9.93. The summed E-state index contributed by atoms with van der Waals surface area (Å²) in [6.07, 6.45) is 3.24. The van der Waals surface area contributed by atoms with Crippen LogP contribution in [0, 0.1) is 0 Å². The molecule has 1 saturated heterocycles. The fraction of sp³-hybridized carbons (Fsp3) is 0.421. The minimum Gasteiger partial charge on any atom is -0.376 e. The summed E-state index contributed by atoms with van der Waals surface area (Å²) in [6, 6.07) is 12.5. The van der Waals surface area contributed by atoms with Crippen LogP contribution in [0.25, 0.3) is 0 Å². The molecule has 1 aromatic heterocycles. The molecule has 2 amide bonds. The highest BCUT2D eigenvalue weighted by atomic mass is 32.1. The Kier molecular flexibility index (Phi) is 4.54. The molecule has 2 aromatic rings. The molecule has 2 unspecified atom stereocenters. The molecule has 2 aliphatic rings. The van der Waals surface area contributed by atoms with Gasteiger partial charge in [0.05, 0.1) is 12.1 Å². The molecule has 3 heterocycles. The number of nitrogens with zero attached hydrogens (tertiary/aromatic N) is 1. The van der Waals surface area contributed by atoms with E-state index < -0.39 is 0 Å². The van der Waals surface area contributed by atoms with Crippen molar-refractivity contribution in [3.05, 3.63) is 57.8 Å². The monoisotopic (exact) mass is 342 g/mol. The second-order valence-electron chi connectivity index (χ2n) is 6.38. The molecule has 5 heteroatoms. The highest BCUT2D eigenvalue weighted by Crippen LogP contribution is 2.37. The number of benzene rings is 1. The van der Waals surface area contributed by atoms with E-state index in [4.69, 9.17) is 4.74 Å². The van der Waals surface area contributed by atoms with E-state index >= 15 is 0 Å². The third kappa shape index (κ3) is 3.06. The number of hydrogen-bond donors (Lipinski definition) is 1. The highest BCUT2D eigenvalue weighted by Gasteiger charge is 2.33. The third-order valence-corrected chi connectivity index (χ3v) is 5.84. The molecule has 1 aromatic carbocycles. The number of rotatable bonds is 3. The van der Waals surface area contributed by atoms with Gasteiger partial charge in [-0.2, -0.15) is 0 Å². The third-order valence-electron chi connectivity index (χ3n) is 4.85. The van der Waals surface area contributed by atoms with Gasteiger partial charge >= 0.3 is 6.03 Å². The Morgan fingerprint density at radius 3 is 2.96 bits per heavy atom. The van der Waals surface area contributed by atoms with Crippen LogP contribution < -0.4 is 5.32 Å². The van der Waals surface area contributed by atoms with Gasteiger partial charge in [-0.15, -0.1) is 11.3 Å². The summed E-state index contributed by atoms with van der Waals surface area (Å²) < 4.78 is 5.61. The Labute approximate surface area is 146 Å². The van der Waals surface area contributed by atoms with Crippen molar-refractivity contribution in [1.29, 1.82) is 0 Å². The van der Waals surface area contributed by atoms with Crippen molar-refractivity contribution in [2.75, 3.05) is 19.7 Å². The number of carbonyl (C=O) groups excluding carboxylic acids is 1. The molecule has 0 spiro atoms. The van der Waals surface area contributed by atoms with E-state index in [0.717, 1.165) is 32.4 Å². The van der Waals surface area contributed by atoms with Crippen molar-refractivity contribution >= 4 is 17.4 Å². The van der Waals surface area contributed by atoms with E-state index in [9.17, 15) is 4.79 Å². The summed E-state index contributed by atoms with van der Waals surface area (Å²) in [4.78, 5) is 16.2. The molecule has 2 aliphatic heterocycles. The first kappa shape index (κ1) is 15.7. The standard InChI is InChI=1S/C19H22N2O2S/c22-19(20-13-15-7-4-11-23-15)21-10-8-17-16(9-12-24-17)18(21)14-5-2-1-3-6-14/h1-3,5-6,9,12,15,18H,4,7-8,10-11,13H2,(H,20,22). The maximum Gasteiger partial charge on any atom is 0.318 e. The normalized spacial score (nSPS) is 23.1. The van der Waals surface area contributed by atoms with E-state index in [0.29, 0.717) is 6.54 Å². The van der Waals surface area contributed by atoms with Crippen LogP contribution in [0.15, 0.2) is 41.8 Å². The molecule has 2 atom stereocenters. The first-order chi connectivity index (χ1) is 11.8. The number of nitrogens with one attached hydrogen (secondary N) is 1. The second-order valence-corrected chi connectivity index (χ2v) is 7.38. The first-order valence-corrected chi connectivity index (χ1v) is 9.48. The fourth-order valence-corrected chi connectivity index (χ4v) is 4.54. The van der Waals surface area contributed by atoms with Gasteiger partial charge in [0, 0.05) is 24.6 Å². The second kappa shape index (κ2) is 6.95. The number of thiophene rings is 1. The van der Waals surface area contributed by atoms with Gasteiger partial charge < -0.3 is 15.0 Å². The lowest BCUT2D eigenvalue weighted by molar-refractivity contribution is 0.107. The quantitative estimate of drug-likeness (QED) is 0.926. The van der Waals surface area contributed by atoms with Gasteiger partial charge in [0.15, 0.2) is 0 Å². The van der Waals surface area contributed by atoms with Gasteiger partial charge in [-0.25, -0.2) is 4.79 Å². The maximum atomic E-state index is 12.8. The van der Waals surface area contributed by atoms with E-state index in [1.165, 1.54) is 16.0 Å². The van der Waals surface area contributed by atoms with Crippen molar-refractivity contribution in [2.45, 2.75) is 31.4 Å². The predicted octanol–water partition coefficient (Wildman–Crippen LogP) is 3.58. The lowest BCUT2D eigenvalue weighted by Crippen LogP contribution is -2.47. The number of hydrogen-bond acceptors (Lipinski definition) is 3. The maximum absolute atomic E-state index is 12.8. The molecule has 0 radical (unpaired) electrons. The van der Waals surface area contributed by atoms with E-state index in [1.54, 1.807) is 11.3 Å². The SMILES string of the molecule is O=C(NCC1CCCO1)N1CCc2sccc2C1c1ccccc1. The molecule has 0 saturated carbocycles. The van der Waals surface area contributed by atoms with Gasteiger partial charge in [-0.05, 0) is 41.8 Å². The summed E-state index contributed by atoms with van der Waals surface area (Å²) in [5.41, 5.74) is 2.44. The fourth-order valence-electron chi connectivity index (χ4n) is 3.64. The molecule has 4 rings (SSSR count). The zero-order chi connectivity index (χ0) is 16.4. The van der Waals surface area contributed by atoms with Crippen LogP contribution in [0.2, 0.25) is 0 Å². The molecule has 0 bridgehead atoms. The molecule has 126 valence electrons. The van der Waals surface area contributed by atoms with Crippen molar-refractivity contribution in [2.24, 2.45) is 0 Å². The van der Waals surface area contributed by atoms with Gasteiger partial charge in [0.25, 0.3) is 0 Å². The van der Waals surface area contributed by atoms with Crippen LogP contribution in [0.3, 0.4) is 0 Å². The lowest BCUT2D eigenvalue weighted by Gasteiger charge is -2.36. The number of ether oxygens (including phenoxy) is 1. The van der Waals surface area contributed by atoms with E-state index in [-0.39, 0.29) is 18.2 Å². The Morgan fingerprint density at radius 2 is 2.17 bits per heavy atom. The van der Waals surface area contributed by atoms with Crippen molar-refractivity contribution < 1.29 is 9.53 Å². The molecular formula is C19H22N2O2S. The van der Waals surface area contributed by atoms with Crippen molar-refractivity contribution in [3.63, 3.8) is 0 Å². The van der Waals surface area contributed by atoms with Crippen molar-refractivity contribution in [1.82, 2.24) is 10.2 Å². The predicted molar refractivity (Wildman–Crippen MR) is 95.4 cm³/mol. The number of fused-ring (bicyclic) bond motifs is 1. The van der Waals surface area contributed by atoms with Crippen LogP contribution in [0.1, 0.15) is 34.9 Å². The molecule has 24 heavy (non-hydrogen) atoms. The highest BCUT2D eigenvalue weighted by molar-refractivity contribution is 7.10. The zero-order valence-electron chi connectivity index (χ0n) is 13.6. The molecule has 1 N–H and O–H groups in total. The average molecular weight is 342 g/mol. The van der Waals surface area contributed by atoms with E-state index in [2.05, 4.69) is 28.9 Å². The topological polar surface area (TPSA) is 41.6 Å². The number of urea groups is 1. The minimum absolute atomic E-state index is 0.00527. The largest absolute Gasteiger partial charge is 0.376 e. The van der Waals surface area contributed by atoms with Gasteiger partial charge in [-0.3, -0.25) is 0 Å². The van der Waals surface area contributed by atoms with E-state index in [1.807, 2.05) is 23.1 Å². The molecule has 1 fully saturated rings. The first-order valence-electron chi connectivity index (χ1n) is 8.60. The zero-order valence-corrected chi connectivity index (χ0v) is 14.4. The summed E-state index contributed by atoms with van der Waals surface area (Å²) >= 11 is 1.79. The minimum atomic E-state index is 0.00527. The Morgan fingerprint density at radius 1 is 1.29 bits per heavy atom. The van der Waals surface area contributed by atoms with Crippen LogP contribution >= 0.6 is 11.3 Å². The summed E-state index contributed by atoms with van der Waals surface area (Å²) in [5.74, 6) is 0. The van der Waals surface area contributed by atoms with Crippen LogP contribution in [-0.4, -0.2) is 36.7 Å². The van der Waals surface area contributed by atoms with Crippen molar-refractivity contribution in [3.8, 4) is 0 Å². The van der Waals surface area contributed by atoms with Gasteiger partial charge in [0.2, 0.25) is 0 Å². The Hall–Kier alpha value is -1.85. The summed E-state index contributed by atoms with van der Waals surface area (Å²) in [6.45, 7) is 2.17. The average Bonchev–Trinajstić information content (AvgIpc) is 3.30. The molecule has 4 nitrogen and oxygen atoms in total. The number of carbonyl (C=O) groups is 1. The summed E-state index contributed by atoms with van der Waals surface area (Å²) in [5, 5.41) is 5.22. The summed E-state index contributed by atoms with van der Waals surface area (Å²) in [7, 11) is 0. The molecule has 0 aliphatic carbocycles. The van der Waals surface area contributed by atoms with Gasteiger partial charge in [-0.1, -0.05) is 30.3 Å². The molecular weight excluding hydrogens is 320 g/mol. The Bertz CT molecular complexity index is 694. The smallest absolute Gasteiger partial charge is 0.318 e. The number of amides is 2. The van der Waals surface area contributed by atoms with Gasteiger partial charge in [0.1, 0.15) is 0 Å². The van der Waals surface area contributed by atoms with Crippen LogP contribution in [-0.2, 0) is 11.2 Å². The van der Waals surface area contributed by atoms with Crippen LogP contribution in [0.5, 0.6) is 0 Å². The van der Waals surface area contributed by atoms with Crippen LogP contribution in [0.4, 0.5) is 4.79 Å².